The monoisotopic (exact) mass is 158 g/mol. The molecule has 0 saturated heterocycles. The van der Waals surface area contributed by atoms with E-state index in [0.29, 0.717) is 12.3 Å². The molecule has 1 fully saturated rings. The lowest BCUT2D eigenvalue weighted by Gasteiger charge is -2.25. The number of carboxylic acid groups (broad SMARTS) is 1. The summed E-state index contributed by atoms with van der Waals surface area (Å²) in [6, 6.07) is 0. The molecule has 0 aromatic heterocycles. The van der Waals surface area contributed by atoms with E-state index >= 15 is 0 Å². The highest BCUT2D eigenvalue weighted by Gasteiger charge is 2.20. The van der Waals surface area contributed by atoms with Gasteiger partial charge in [-0.2, -0.15) is 0 Å². The van der Waals surface area contributed by atoms with Crippen LogP contribution >= 0.6 is 0 Å². The highest BCUT2D eigenvalue weighted by molar-refractivity contribution is 5.71. The van der Waals surface area contributed by atoms with Crippen molar-refractivity contribution in [2.45, 2.75) is 38.2 Å². The Hall–Kier alpha value is -0.570. The number of hydrogen-bond acceptors (Lipinski definition) is 2. The van der Waals surface area contributed by atoms with Crippen LogP contribution in [0.4, 0.5) is 0 Å². The molecule has 1 aliphatic rings. The number of aliphatic carboxylic acids is 1. The molecule has 0 aliphatic heterocycles. The third kappa shape index (κ3) is 2.50. The Bertz CT molecular complexity index is 140. The molecule has 1 aliphatic carbocycles. The minimum Gasteiger partial charge on any atom is -0.479 e. The van der Waals surface area contributed by atoms with Crippen molar-refractivity contribution in [3.05, 3.63) is 0 Å². The smallest absolute Gasteiger partial charge is 0.332 e. The van der Waals surface area contributed by atoms with Gasteiger partial charge in [0.2, 0.25) is 0 Å². The van der Waals surface area contributed by atoms with E-state index in [-0.39, 0.29) is 0 Å². The van der Waals surface area contributed by atoms with Crippen LogP contribution in [0.1, 0.15) is 32.1 Å². The van der Waals surface area contributed by atoms with Crippen molar-refractivity contribution in [3.63, 3.8) is 0 Å². The van der Waals surface area contributed by atoms with Crippen molar-refractivity contribution in [1.29, 1.82) is 0 Å². The zero-order valence-corrected chi connectivity index (χ0v) is 6.49. The van der Waals surface area contributed by atoms with Crippen LogP contribution in [0.5, 0.6) is 0 Å². The van der Waals surface area contributed by atoms with Crippen LogP contribution in [0.15, 0.2) is 0 Å². The van der Waals surface area contributed by atoms with E-state index in [0.717, 1.165) is 6.42 Å². The summed E-state index contributed by atoms with van der Waals surface area (Å²) >= 11 is 0. The van der Waals surface area contributed by atoms with Crippen LogP contribution in [-0.4, -0.2) is 22.3 Å². The molecule has 1 saturated carbocycles. The Labute approximate surface area is 66.0 Å². The molecular weight excluding hydrogens is 144 g/mol. The van der Waals surface area contributed by atoms with E-state index in [2.05, 4.69) is 0 Å². The van der Waals surface area contributed by atoms with Crippen molar-refractivity contribution in [2.75, 3.05) is 0 Å². The number of rotatable bonds is 4. The maximum Gasteiger partial charge on any atom is 0.332 e. The second-order valence-corrected chi connectivity index (χ2v) is 3.23. The van der Waals surface area contributed by atoms with Crippen molar-refractivity contribution in [3.8, 4) is 0 Å². The zero-order chi connectivity index (χ0) is 8.27. The molecular formula is C8H14O3. The van der Waals surface area contributed by atoms with E-state index in [4.69, 9.17) is 10.2 Å². The SMILES string of the molecule is O=C(O)C(O)CCC1CCC1. The van der Waals surface area contributed by atoms with Gasteiger partial charge in [-0.1, -0.05) is 19.3 Å². The molecule has 1 rings (SSSR count). The number of hydrogen-bond donors (Lipinski definition) is 2. The molecule has 0 heterocycles. The number of aliphatic hydroxyl groups excluding tert-OH is 1. The summed E-state index contributed by atoms with van der Waals surface area (Å²) in [5.74, 6) is -0.409. The van der Waals surface area contributed by atoms with E-state index < -0.39 is 12.1 Å². The van der Waals surface area contributed by atoms with Gasteiger partial charge in [-0.25, -0.2) is 4.79 Å². The predicted molar refractivity (Wildman–Crippen MR) is 40.2 cm³/mol. The fraction of sp³-hybridized carbons (Fsp3) is 0.875. The quantitative estimate of drug-likeness (QED) is 0.642. The van der Waals surface area contributed by atoms with Gasteiger partial charge < -0.3 is 10.2 Å². The summed E-state index contributed by atoms with van der Waals surface area (Å²) in [4.78, 5) is 10.2. The first-order valence-electron chi connectivity index (χ1n) is 4.11. The van der Waals surface area contributed by atoms with Gasteiger partial charge in [0.05, 0.1) is 0 Å². The van der Waals surface area contributed by atoms with Crippen LogP contribution < -0.4 is 0 Å². The van der Waals surface area contributed by atoms with Gasteiger partial charge in [-0.3, -0.25) is 0 Å². The minimum absolute atomic E-state index is 0.417. The van der Waals surface area contributed by atoms with Crippen molar-refractivity contribution >= 4 is 5.97 Å². The van der Waals surface area contributed by atoms with Crippen molar-refractivity contribution < 1.29 is 15.0 Å². The predicted octanol–water partition coefficient (Wildman–Crippen LogP) is 1.01. The van der Waals surface area contributed by atoms with Gasteiger partial charge in [0.15, 0.2) is 6.10 Å². The van der Waals surface area contributed by atoms with E-state index in [9.17, 15) is 4.79 Å². The molecule has 0 aromatic rings. The maximum atomic E-state index is 10.2. The summed E-state index contributed by atoms with van der Waals surface area (Å²) in [6.07, 6.45) is 3.84. The van der Waals surface area contributed by atoms with Gasteiger partial charge in [0, 0.05) is 0 Å². The topological polar surface area (TPSA) is 57.5 Å². The van der Waals surface area contributed by atoms with Crippen LogP contribution in [-0.2, 0) is 4.79 Å². The molecule has 3 heteroatoms. The normalized spacial score (nSPS) is 20.8. The van der Waals surface area contributed by atoms with Crippen LogP contribution in [0.2, 0.25) is 0 Å². The van der Waals surface area contributed by atoms with Crippen LogP contribution in [0.25, 0.3) is 0 Å². The molecule has 1 unspecified atom stereocenters. The van der Waals surface area contributed by atoms with Crippen molar-refractivity contribution in [2.24, 2.45) is 5.92 Å². The first kappa shape index (κ1) is 8.53. The Kier molecular flexibility index (Phi) is 2.88. The summed E-state index contributed by atoms with van der Waals surface area (Å²) in [5, 5.41) is 17.2. The zero-order valence-electron chi connectivity index (χ0n) is 6.49. The molecule has 1 atom stereocenters. The Morgan fingerprint density at radius 1 is 1.55 bits per heavy atom. The van der Waals surface area contributed by atoms with Crippen LogP contribution in [0, 0.1) is 5.92 Å². The Morgan fingerprint density at radius 2 is 2.18 bits per heavy atom. The molecule has 0 radical (unpaired) electrons. The van der Waals surface area contributed by atoms with Gasteiger partial charge in [0.1, 0.15) is 0 Å². The molecule has 3 nitrogen and oxygen atoms in total. The average molecular weight is 158 g/mol. The summed E-state index contributed by atoms with van der Waals surface area (Å²) < 4.78 is 0. The van der Waals surface area contributed by atoms with Crippen molar-refractivity contribution in [1.82, 2.24) is 0 Å². The third-order valence-corrected chi connectivity index (χ3v) is 2.36. The van der Waals surface area contributed by atoms with E-state index in [1.807, 2.05) is 0 Å². The third-order valence-electron chi connectivity index (χ3n) is 2.36. The molecule has 11 heavy (non-hydrogen) atoms. The second kappa shape index (κ2) is 3.72. The highest BCUT2D eigenvalue weighted by Crippen LogP contribution is 2.30. The van der Waals surface area contributed by atoms with Gasteiger partial charge in [-0.05, 0) is 18.8 Å². The van der Waals surface area contributed by atoms with Gasteiger partial charge >= 0.3 is 5.97 Å². The standard InChI is InChI=1S/C8H14O3/c9-7(8(10)11)5-4-6-2-1-3-6/h6-7,9H,1-5H2,(H,10,11). The lowest BCUT2D eigenvalue weighted by Crippen LogP contribution is -2.22. The number of aliphatic hydroxyl groups is 1. The molecule has 0 amide bonds. The number of carbonyl (C=O) groups is 1. The number of carboxylic acids is 1. The molecule has 0 spiro atoms. The minimum atomic E-state index is -1.14. The summed E-state index contributed by atoms with van der Waals surface area (Å²) in [5.41, 5.74) is 0. The van der Waals surface area contributed by atoms with E-state index in [1.54, 1.807) is 0 Å². The molecule has 0 bridgehead atoms. The fourth-order valence-corrected chi connectivity index (χ4v) is 1.30. The maximum absolute atomic E-state index is 10.2. The first-order chi connectivity index (χ1) is 5.20. The lowest BCUT2D eigenvalue weighted by molar-refractivity contribution is -0.147. The molecule has 64 valence electrons. The summed E-state index contributed by atoms with van der Waals surface area (Å²) in [7, 11) is 0. The van der Waals surface area contributed by atoms with Crippen LogP contribution in [0.3, 0.4) is 0 Å². The molecule has 0 aromatic carbocycles. The summed E-state index contributed by atoms with van der Waals surface area (Å²) in [6.45, 7) is 0. The first-order valence-corrected chi connectivity index (χ1v) is 4.11. The molecule has 2 N–H and O–H groups in total. The second-order valence-electron chi connectivity index (χ2n) is 3.23. The average Bonchev–Trinajstić information content (AvgIpc) is 1.83. The van der Waals surface area contributed by atoms with E-state index in [1.165, 1.54) is 19.3 Å². The van der Waals surface area contributed by atoms with Gasteiger partial charge in [0.25, 0.3) is 0 Å². The lowest BCUT2D eigenvalue weighted by atomic mass is 9.81. The van der Waals surface area contributed by atoms with Gasteiger partial charge in [-0.15, -0.1) is 0 Å². The largest absolute Gasteiger partial charge is 0.479 e. The highest BCUT2D eigenvalue weighted by atomic mass is 16.4. The Morgan fingerprint density at radius 3 is 2.55 bits per heavy atom. The Balaban J connectivity index is 2.05. The fourth-order valence-electron chi connectivity index (χ4n) is 1.30.